The first-order valence-corrected chi connectivity index (χ1v) is 10.6. The van der Waals surface area contributed by atoms with Crippen molar-refractivity contribution in [3.8, 4) is 5.75 Å². The monoisotopic (exact) mass is 444 g/mol. The van der Waals surface area contributed by atoms with Crippen molar-refractivity contribution >= 4 is 40.2 Å². The molecule has 0 saturated carbocycles. The molecule has 1 aliphatic heterocycles. The predicted octanol–water partition coefficient (Wildman–Crippen LogP) is 5.63. The summed E-state index contributed by atoms with van der Waals surface area (Å²) >= 11 is 6.15. The van der Waals surface area contributed by atoms with E-state index in [2.05, 4.69) is 15.2 Å². The second-order valence-electron chi connectivity index (χ2n) is 7.59. The highest BCUT2D eigenvalue weighted by atomic mass is 35.5. The highest BCUT2D eigenvalue weighted by molar-refractivity contribution is 6.30. The highest BCUT2D eigenvalue weighted by Gasteiger charge is 2.34. The van der Waals surface area contributed by atoms with Gasteiger partial charge in [0, 0.05) is 16.4 Å². The predicted molar refractivity (Wildman–Crippen MR) is 127 cm³/mol. The maximum absolute atomic E-state index is 13.6. The Kier molecular flexibility index (Phi) is 5.07. The normalized spacial score (nSPS) is 15.3. The number of allylic oxidation sites excluding steroid dienone is 1. The fourth-order valence-electron chi connectivity index (χ4n) is 4.09. The van der Waals surface area contributed by atoms with Crippen LogP contribution < -0.4 is 15.4 Å². The summed E-state index contributed by atoms with van der Waals surface area (Å²) in [6.07, 6.45) is 0. The SMILES string of the molecule is COc1ccc(NC(=O)C2=C(C)Nc3nc4ccccc4n3[C@H]2c2ccc(Cl)cc2)cc1. The number of methoxy groups -OCH3 is 1. The molecule has 32 heavy (non-hydrogen) atoms. The summed E-state index contributed by atoms with van der Waals surface area (Å²) < 4.78 is 7.27. The van der Waals surface area contributed by atoms with E-state index in [1.165, 1.54) is 0 Å². The van der Waals surface area contributed by atoms with Gasteiger partial charge in [0.25, 0.3) is 5.91 Å². The van der Waals surface area contributed by atoms with Gasteiger partial charge >= 0.3 is 0 Å². The number of fused-ring (bicyclic) bond motifs is 3. The Morgan fingerprint density at radius 1 is 1.06 bits per heavy atom. The lowest BCUT2D eigenvalue weighted by molar-refractivity contribution is -0.113. The van der Waals surface area contributed by atoms with Gasteiger partial charge in [0.1, 0.15) is 5.75 Å². The number of aromatic nitrogens is 2. The van der Waals surface area contributed by atoms with E-state index in [4.69, 9.17) is 21.3 Å². The number of rotatable bonds is 4. The molecule has 0 spiro atoms. The van der Waals surface area contributed by atoms with Crippen LogP contribution in [0.3, 0.4) is 0 Å². The van der Waals surface area contributed by atoms with Crippen molar-refractivity contribution in [2.45, 2.75) is 13.0 Å². The van der Waals surface area contributed by atoms with E-state index in [-0.39, 0.29) is 11.9 Å². The van der Waals surface area contributed by atoms with Gasteiger partial charge in [-0.2, -0.15) is 0 Å². The Hall–Kier alpha value is -3.77. The van der Waals surface area contributed by atoms with Crippen molar-refractivity contribution < 1.29 is 9.53 Å². The summed E-state index contributed by atoms with van der Waals surface area (Å²) in [5.41, 5.74) is 4.79. The fourth-order valence-corrected chi connectivity index (χ4v) is 4.22. The molecule has 0 unspecified atom stereocenters. The number of amides is 1. The third kappa shape index (κ3) is 3.48. The average molecular weight is 445 g/mol. The molecule has 2 heterocycles. The number of ether oxygens (including phenoxy) is 1. The van der Waals surface area contributed by atoms with Crippen LogP contribution in [0.4, 0.5) is 11.6 Å². The van der Waals surface area contributed by atoms with Crippen molar-refractivity contribution in [1.29, 1.82) is 0 Å². The number of anilines is 2. The van der Waals surface area contributed by atoms with Crippen LogP contribution in [-0.4, -0.2) is 22.6 Å². The van der Waals surface area contributed by atoms with E-state index in [9.17, 15) is 4.79 Å². The summed E-state index contributed by atoms with van der Waals surface area (Å²) in [6, 6.07) is 22.4. The standard InChI is InChI=1S/C25H21ClN4O2/c1-15-22(24(31)28-18-11-13-19(32-2)14-12-18)23(16-7-9-17(26)10-8-16)30-21-6-4-3-5-20(21)29-25(30)27-15/h3-14,23H,1-2H3,(H,27,29)(H,28,31)/t23-/m0/s1. The molecule has 1 atom stereocenters. The summed E-state index contributed by atoms with van der Waals surface area (Å²) in [4.78, 5) is 18.3. The van der Waals surface area contributed by atoms with Crippen LogP contribution in [0, 0.1) is 0 Å². The van der Waals surface area contributed by atoms with Crippen molar-refractivity contribution in [3.05, 3.63) is 94.7 Å². The lowest BCUT2D eigenvalue weighted by Crippen LogP contribution is -2.30. The van der Waals surface area contributed by atoms with Crippen molar-refractivity contribution in [2.24, 2.45) is 0 Å². The van der Waals surface area contributed by atoms with E-state index in [0.29, 0.717) is 22.2 Å². The molecule has 5 rings (SSSR count). The molecule has 4 aromatic rings. The van der Waals surface area contributed by atoms with Crippen LogP contribution in [-0.2, 0) is 4.79 Å². The number of halogens is 1. The second-order valence-corrected chi connectivity index (χ2v) is 8.03. The van der Waals surface area contributed by atoms with Crippen molar-refractivity contribution in [2.75, 3.05) is 17.7 Å². The largest absolute Gasteiger partial charge is 0.497 e. The quantitative estimate of drug-likeness (QED) is 0.428. The smallest absolute Gasteiger partial charge is 0.255 e. The summed E-state index contributed by atoms with van der Waals surface area (Å²) in [7, 11) is 1.61. The molecular weight excluding hydrogens is 424 g/mol. The Morgan fingerprint density at radius 3 is 2.50 bits per heavy atom. The summed E-state index contributed by atoms with van der Waals surface area (Å²) in [5.74, 6) is 1.24. The molecule has 7 heteroatoms. The number of carbonyl (C=O) groups excluding carboxylic acids is 1. The second kappa shape index (κ2) is 8.05. The zero-order chi connectivity index (χ0) is 22.2. The van der Waals surface area contributed by atoms with E-state index < -0.39 is 0 Å². The molecule has 1 amide bonds. The third-order valence-corrected chi connectivity index (χ3v) is 5.86. The van der Waals surface area contributed by atoms with Crippen molar-refractivity contribution in [3.63, 3.8) is 0 Å². The zero-order valence-electron chi connectivity index (χ0n) is 17.6. The van der Waals surface area contributed by atoms with Crippen molar-refractivity contribution in [1.82, 2.24) is 9.55 Å². The first-order chi connectivity index (χ1) is 15.5. The van der Waals surface area contributed by atoms with Gasteiger partial charge in [0.05, 0.1) is 29.8 Å². The number of nitrogens with zero attached hydrogens (tertiary/aromatic N) is 2. The van der Waals surface area contributed by atoms with Gasteiger partial charge < -0.3 is 15.4 Å². The van der Waals surface area contributed by atoms with Crippen LogP contribution >= 0.6 is 11.6 Å². The maximum atomic E-state index is 13.6. The number of hydrogen-bond donors (Lipinski definition) is 2. The van der Waals surface area contributed by atoms with Crippen LogP contribution in [0.2, 0.25) is 5.02 Å². The minimum Gasteiger partial charge on any atom is -0.497 e. The lowest BCUT2D eigenvalue weighted by atomic mass is 9.94. The Bertz CT molecular complexity index is 1340. The van der Waals surface area contributed by atoms with Gasteiger partial charge in [-0.1, -0.05) is 35.9 Å². The van der Waals surface area contributed by atoms with Gasteiger partial charge in [-0.15, -0.1) is 0 Å². The number of benzene rings is 3. The van der Waals surface area contributed by atoms with Gasteiger partial charge in [-0.05, 0) is 61.0 Å². The summed E-state index contributed by atoms with van der Waals surface area (Å²) in [6.45, 7) is 1.90. The molecule has 0 radical (unpaired) electrons. The molecule has 2 N–H and O–H groups in total. The number of nitrogens with one attached hydrogen (secondary N) is 2. The Labute approximate surface area is 190 Å². The minimum atomic E-state index is -0.367. The fraction of sp³-hybridized carbons (Fsp3) is 0.120. The molecule has 160 valence electrons. The average Bonchev–Trinajstić information content (AvgIpc) is 3.17. The third-order valence-electron chi connectivity index (χ3n) is 5.61. The molecule has 0 aliphatic carbocycles. The molecule has 0 bridgehead atoms. The molecule has 3 aromatic carbocycles. The molecule has 0 saturated heterocycles. The maximum Gasteiger partial charge on any atom is 0.255 e. The Balaban J connectivity index is 1.62. The first kappa shape index (κ1) is 20.2. The Morgan fingerprint density at radius 2 is 1.78 bits per heavy atom. The van der Waals surface area contributed by atoms with Crippen LogP contribution in [0.1, 0.15) is 18.5 Å². The van der Waals surface area contributed by atoms with E-state index in [1.807, 2.05) is 79.7 Å². The minimum absolute atomic E-state index is 0.191. The van der Waals surface area contributed by atoms with E-state index in [1.54, 1.807) is 7.11 Å². The molecule has 6 nitrogen and oxygen atoms in total. The first-order valence-electron chi connectivity index (χ1n) is 10.2. The molecule has 0 fully saturated rings. The number of carbonyl (C=O) groups is 1. The van der Waals surface area contributed by atoms with Crippen LogP contribution in [0.25, 0.3) is 11.0 Å². The molecular formula is C25H21ClN4O2. The van der Waals surface area contributed by atoms with Gasteiger partial charge in [0.15, 0.2) is 0 Å². The highest BCUT2D eigenvalue weighted by Crippen LogP contribution is 2.39. The van der Waals surface area contributed by atoms with Gasteiger partial charge in [-0.25, -0.2) is 4.98 Å². The zero-order valence-corrected chi connectivity index (χ0v) is 18.4. The molecule has 1 aliphatic rings. The summed E-state index contributed by atoms with van der Waals surface area (Å²) in [5, 5.41) is 6.99. The number of para-hydroxylation sites is 2. The number of imidazole rings is 1. The van der Waals surface area contributed by atoms with E-state index in [0.717, 1.165) is 28.0 Å². The lowest BCUT2D eigenvalue weighted by Gasteiger charge is -2.30. The topological polar surface area (TPSA) is 68.2 Å². The number of hydrogen-bond acceptors (Lipinski definition) is 4. The van der Waals surface area contributed by atoms with E-state index >= 15 is 0 Å². The molecule has 1 aromatic heterocycles. The van der Waals surface area contributed by atoms with Crippen LogP contribution in [0.5, 0.6) is 5.75 Å². The van der Waals surface area contributed by atoms with Gasteiger partial charge in [0.2, 0.25) is 5.95 Å². The van der Waals surface area contributed by atoms with Crippen LogP contribution in [0.15, 0.2) is 84.1 Å². The van der Waals surface area contributed by atoms with Gasteiger partial charge in [-0.3, -0.25) is 9.36 Å².